The molecule has 0 saturated carbocycles. The van der Waals surface area contributed by atoms with E-state index in [1.807, 2.05) is 19.9 Å². The molecule has 0 aliphatic heterocycles. The van der Waals surface area contributed by atoms with Crippen LogP contribution in [0.1, 0.15) is 30.6 Å². The van der Waals surface area contributed by atoms with E-state index in [-0.39, 0.29) is 35.9 Å². The molecule has 1 N–H and O–H groups in total. The number of carbonyl (C=O) groups excluding carboxylic acids is 1. The Balaban J connectivity index is 3.16. The van der Waals surface area contributed by atoms with Crippen LogP contribution in [-0.2, 0) is 0 Å². The number of phenols is 1. The molecular formula is C14H17N3O4. The van der Waals surface area contributed by atoms with Gasteiger partial charge in [-0.15, -0.1) is 0 Å². The lowest BCUT2D eigenvalue weighted by Crippen LogP contribution is -2.35. The van der Waals surface area contributed by atoms with Crippen LogP contribution < -0.4 is 0 Å². The maximum atomic E-state index is 12.5. The van der Waals surface area contributed by atoms with Gasteiger partial charge < -0.3 is 10.0 Å². The van der Waals surface area contributed by atoms with Gasteiger partial charge in [-0.1, -0.05) is 13.8 Å². The molecule has 0 spiro atoms. The predicted octanol–water partition coefficient (Wildman–Crippen LogP) is 2.31. The average molecular weight is 291 g/mol. The van der Waals surface area contributed by atoms with Gasteiger partial charge in [-0.3, -0.25) is 14.9 Å². The van der Waals surface area contributed by atoms with Gasteiger partial charge in [0.05, 0.1) is 17.4 Å². The molecule has 7 heteroatoms. The molecule has 0 saturated heterocycles. The molecule has 7 nitrogen and oxygen atoms in total. The van der Waals surface area contributed by atoms with Crippen molar-refractivity contribution in [3.05, 3.63) is 33.9 Å². The van der Waals surface area contributed by atoms with Crippen LogP contribution in [0.5, 0.6) is 5.75 Å². The molecule has 1 aromatic rings. The van der Waals surface area contributed by atoms with Crippen LogP contribution in [0.2, 0.25) is 0 Å². The van der Waals surface area contributed by atoms with Gasteiger partial charge in [0.25, 0.3) is 11.6 Å². The minimum absolute atomic E-state index is 0.144. The molecule has 1 amide bonds. The minimum atomic E-state index is -0.662. The molecule has 0 radical (unpaired) electrons. The molecule has 0 aromatic heterocycles. The standard InChI is InChI=1S/C14H17N3O4/c1-10(2)9-16(7-3-6-15)14(19)12-8-11(18)4-5-13(12)17(20)21/h4-5,8,10,18H,3,7,9H2,1-2H3. The number of carbonyl (C=O) groups is 1. The van der Waals surface area contributed by atoms with Crippen molar-refractivity contribution in [2.45, 2.75) is 20.3 Å². The number of amides is 1. The Hall–Kier alpha value is -2.62. The summed E-state index contributed by atoms with van der Waals surface area (Å²) in [4.78, 5) is 24.2. The molecule has 0 fully saturated rings. The summed E-state index contributed by atoms with van der Waals surface area (Å²) >= 11 is 0. The van der Waals surface area contributed by atoms with Crippen LogP contribution in [-0.4, -0.2) is 33.9 Å². The van der Waals surface area contributed by atoms with E-state index in [0.717, 1.165) is 18.2 Å². The third-order valence-electron chi connectivity index (χ3n) is 2.77. The third kappa shape index (κ3) is 4.45. The van der Waals surface area contributed by atoms with Crippen LogP contribution >= 0.6 is 0 Å². The molecule has 112 valence electrons. The zero-order valence-electron chi connectivity index (χ0n) is 11.9. The number of nitro benzene ring substituents is 1. The summed E-state index contributed by atoms with van der Waals surface area (Å²) < 4.78 is 0. The van der Waals surface area contributed by atoms with E-state index in [1.54, 1.807) is 0 Å². The smallest absolute Gasteiger partial charge is 0.282 e. The second kappa shape index (κ2) is 7.24. The number of aromatic hydroxyl groups is 1. The quantitative estimate of drug-likeness (QED) is 0.639. The van der Waals surface area contributed by atoms with Crippen molar-refractivity contribution < 1.29 is 14.8 Å². The lowest BCUT2D eigenvalue weighted by atomic mass is 10.1. The van der Waals surface area contributed by atoms with Gasteiger partial charge in [0.1, 0.15) is 11.3 Å². The fourth-order valence-corrected chi connectivity index (χ4v) is 1.93. The Kier molecular flexibility index (Phi) is 5.67. The van der Waals surface area contributed by atoms with Crippen LogP contribution in [0.4, 0.5) is 5.69 Å². The summed E-state index contributed by atoms with van der Waals surface area (Å²) in [6, 6.07) is 5.29. The van der Waals surface area contributed by atoms with Crippen molar-refractivity contribution in [1.29, 1.82) is 5.26 Å². The summed E-state index contributed by atoms with van der Waals surface area (Å²) in [5.74, 6) is -0.612. The SMILES string of the molecule is CC(C)CN(CCC#N)C(=O)c1cc(O)ccc1[N+](=O)[O-]. The number of phenolic OH excluding ortho intramolecular Hbond substituents is 1. The Morgan fingerprint density at radius 1 is 1.52 bits per heavy atom. The highest BCUT2D eigenvalue weighted by Crippen LogP contribution is 2.25. The van der Waals surface area contributed by atoms with Crippen molar-refractivity contribution in [3.8, 4) is 11.8 Å². The maximum absolute atomic E-state index is 12.5. The first-order valence-corrected chi connectivity index (χ1v) is 6.50. The molecule has 21 heavy (non-hydrogen) atoms. The highest BCUT2D eigenvalue weighted by molar-refractivity contribution is 5.98. The van der Waals surface area contributed by atoms with Gasteiger partial charge in [0.15, 0.2) is 0 Å². The molecular weight excluding hydrogens is 274 g/mol. The normalized spacial score (nSPS) is 10.2. The molecule has 0 heterocycles. The Labute approximate surface area is 122 Å². The maximum Gasteiger partial charge on any atom is 0.282 e. The van der Waals surface area contributed by atoms with Crippen molar-refractivity contribution in [2.24, 2.45) is 5.92 Å². The average Bonchev–Trinajstić information content (AvgIpc) is 2.41. The zero-order chi connectivity index (χ0) is 16.0. The zero-order valence-corrected chi connectivity index (χ0v) is 11.9. The van der Waals surface area contributed by atoms with E-state index >= 15 is 0 Å². The second-order valence-electron chi connectivity index (χ2n) is 5.01. The number of hydrogen-bond donors (Lipinski definition) is 1. The van der Waals surface area contributed by atoms with E-state index in [1.165, 1.54) is 4.90 Å². The van der Waals surface area contributed by atoms with Crippen molar-refractivity contribution in [1.82, 2.24) is 4.90 Å². The summed E-state index contributed by atoms with van der Waals surface area (Å²) in [6.07, 6.45) is 0.144. The van der Waals surface area contributed by atoms with E-state index in [9.17, 15) is 20.0 Å². The third-order valence-corrected chi connectivity index (χ3v) is 2.77. The van der Waals surface area contributed by atoms with Gasteiger partial charge in [-0.05, 0) is 18.1 Å². The fourth-order valence-electron chi connectivity index (χ4n) is 1.93. The Morgan fingerprint density at radius 3 is 2.71 bits per heavy atom. The van der Waals surface area contributed by atoms with Crippen LogP contribution in [0.15, 0.2) is 18.2 Å². The van der Waals surface area contributed by atoms with Gasteiger partial charge in [0.2, 0.25) is 0 Å². The first kappa shape index (κ1) is 16.4. The first-order valence-electron chi connectivity index (χ1n) is 6.50. The number of rotatable bonds is 6. The first-order chi connectivity index (χ1) is 9.86. The van der Waals surface area contributed by atoms with E-state index in [2.05, 4.69) is 0 Å². The monoisotopic (exact) mass is 291 g/mol. The summed E-state index contributed by atoms with van der Waals surface area (Å²) in [7, 11) is 0. The Morgan fingerprint density at radius 2 is 2.19 bits per heavy atom. The molecule has 0 aliphatic carbocycles. The molecule has 0 aliphatic rings. The van der Waals surface area contributed by atoms with Crippen molar-refractivity contribution in [2.75, 3.05) is 13.1 Å². The van der Waals surface area contributed by atoms with Gasteiger partial charge >= 0.3 is 0 Å². The van der Waals surface area contributed by atoms with Crippen LogP contribution in [0.25, 0.3) is 0 Å². The van der Waals surface area contributed by atoms with Crippen LogP contribution in [0.3, 0.4) is 0 Å². The lowest BCUT2D eigenvalue weighted by molar-refractivity contribution is -0.385. The van der Waals surface area contributed by atoms with E-state index in [4.69, 9.17) is 5.26 Å². The van der Waals surface area contributed by atoms with E-state index < -0.39 is 10.8 Å². The summed E-state index contributed by atoms with van der Waals surface area (Å²) in [6.45, 7) is 4.39. The molecule has 0 bridgehead atoms. The fraction of sp³-hybridized carbons (Fsp3) is 0.429. The van der Waals surface area contributed by atoms with Crippen molar-refractivity contribution in [3.63, 3.8) is 0 Å². The number of nitriles is 1. The molecule has 1 aromatic carbocycles. The summed E-state index contributed by atoms with van der Waals surface area (Å²) in [5.41, 5.74) is -0.526. The van der Waals surface area contributed by atoms with E-state index in [0.29, 0.717) is 6.54 Å². The molecule has 0 atom stereocenters. The minimum Gasteiger partial charge on any atom is -0.508 e. The topological polar surface area (TPSA) is 107 Å². The number of hydrogen-bond acceptors (Lipinski definition) is 5. The predicted molar refractivity (Wildman–Crippen MR) is 75.7 cm³/mol. The van der Waals surface area contributed by atoms with Gasteiger partial charge in [0, 0.05) is 19.2 Å². The van der Waals surface area contributed by atoms with Crippen LogP contribution in [0, 0.1) is 27.4 Å². The van der Waals surface area contributed by atoms with Gasteiger partial charge in [-0.2, -0.15) is 5.26 Å². The number of nitro groups is 1. The highest BCUT2D eigenvalue weighted by atomic mass is 16.6. The summed E-state index contributed by atoms with van der Waals surface area (Å²) in [5, 5.41) is 29.1. The molecule has 0 unspecified atom stereocenters. The lowest BCUT2D eigenvalue weighted by Gasteiger charge is -2.23. The number of benzene rings is 1. The van der Waals surface area contributed by atoms with Crippen molar-refractivity contribution >= 4 is 11.6 Å². The largest absolute Gasteiger partial charge is 0.508 e. The second-order valence-corrected chi connectivity index (χ2v) is 5.01. The number of nitrogens with zero attached hydrogens (tertiary/aromatic N) is 3. The molecule has 1 rings (SSSR count). The highest BCUT2D eigenvalue weighted by Gasteiger charge is 2.25. The Bertz CT molecular complexity index is 578. The van der Waals surface area contributed by atoms with Gasteiger partial charge in [-0.25, -0.2) is 0 Å².